The van der Waals surface area contributed by atoms with Gasteiger partial charge in [-0.2, -0.15) is 0 Å². The van der Waals surface area contributed by atoms with Crippen molar-refractivity contribution >= 4 is 17.3 Å². The van der Waals surface area contributed by atoms with Crippen LogP contribution in [0.5, 0.6) is 0 Å². The Hall–Kier alpha value is -2.11. The maximum absolute atomic E-state index is 11.0. The second-order valence-corrected chi connectivity index (χ2v) is 4.36. The van der Waals surface area contributed by atoms with Gasteiger partial charge in [-0.1, -0.05) is 26.7 Å². The third-order valence-electron chi connectivity index (χ3n) is 3.18. The van der Waals surface area contributed by atoms with Crippen LogP contribution in [0.25, 0.3) is 0 Å². The number of aromatic carboxylic acids is 1. The van der Waals surface area contributed by atoms with Crippen LogP contribution in [0.1, 0.15) is 37.0 Å². The smallest absolute Gasteiger partial charge is 0.335 e. The number of anilines is 1. The van der Waals surface area contributed by atoms with Gasteiger partial charge in [-0.25, -0.2) is 4.79 Å². The Morgan fingerprint density at radius 3 is 2.53 bits per heavy atom. The molecule has 6 nitrogen and oxygen atoms in total. The third kappa shape index (κ3) is 3.94. The van der Waals surface area contributed by atoms with Crippen LogP contribution in [-0.2, 0) is 0 Å². The summed E-state index contributed by atoms with van der Waals surface area (Å²) >= 11 is 0. The molecule has 0 aliphatic rings. The number of nitro benzene ring substituents is 1. The van der Waals surface area contributed by atoms with E-state index in [0.717, 1.165) is 18.9 Å². The van der Waals surface area contributed by atoms with Gasteiger partial charge < -0.3 is 10.4 Å². The Labute approximate surface area is 111 Å². The quantitative estimate of drug-likeness (QED) is 0.584. The first-order valence-corrected chi connectivity index (χ1v) is 6.25. The van der Waals surface area contributed by atoms with E-state index in [2.05, 4.69) is 19.2 Å². The molecular formula is C13H18N2O4. The van der Waals surface area contributed by atoms with E-state index in [1.807, 2.05) is 0 Å². The first-order chi connectivity index (χ1) is 8.99. The number of carboxylic acid groups (broad SMARTS) is 1. The lowest BCUT2D eigenvalue weighted by atomic mass is 10.0. The van der Waals surface area contributed by atoms with E-state index < -0.39 is 10.9 Å². The van der Waals surface area contributed by atoms with Crippen molar-refractivity contribution in [3.8, 4) is 0 Å². The molecule has 0 radical (unpaired) electrons. The maximum Gasteiger partial charge on any atom is 0.335 e. The second kappa shape index (κ2) is 6.72. The molecule has 0 saturated heterocycles. The van der Waals surface area contributed by atoms with Crippen molar-refractivity contribution in [2.45, 2.75) is 26.7 Å². The number of rotatable bonds is 7. The Morgan fingerprint density at radius 1 is 1.42 bits per heavy atom. The summed E-state index contributed by atoms with van der Waals surface area (Å²) in [6, 6.07) is 3.89. The molecule has 0 fully saturated rings. The number of carboxylic acids is 1. The number of nitro groups is 1. The number of hydrogen-bond acceptors (Lipinski definition) is 4. The van der Waals surface area contributed by atoms with Crippen molar-refractivity contribution in [3.63, 3.8) is 0 Å². The predicted octanol–water partition coefficient (Wildman–Crippen LogP) is 3.14. The van der Waals surface area contributed by atoms with Gasteiger partial charge in [0, 0.05) is 12.6 Å². The molecule has 2 N–H and O–H groups in total. The Bertz CT molecular complexity index is 470. The van der Waals surface area contributed by atoms with Gasteiger partial charge in [-0.3, -0.25) is 10.1 Å². The second-order valence-electron chi connectivity index (χ2n) is 4.36. The fourth-order valence-corrected chi connectivity index (χ4v) is 1.80. The van der Waals surface area contributed by atoms with Crippen molar-refractivity contribution in [1.29, 1.82) is 0 Å². The van der Waals surface area contributed by atoms with E-state index in [1.165, 1.54) is 12.1 Å². The minimum Gasteiger partial charge on any atom is -0.478 e. The molecule has 0 amide bonds. The molecule has 0 unspecified atom stereocenters. The van der Waals surface area contributed by atoms with Gasteiger partial charge in [0.15, 0.2) is 0 Å². The van der Waals surface area contributed by atoms with Gasteiger partial charge in [0.05, 0.1) is 10.5 Å². The summed E-state index contributed by atoms with van der Waals surface area (Å²) in [5.74, 6) is -0.728. The highest BCUT2D eigenvalue weighted by molar-refractivity contribution is 5.89. The predicted molar refractivity (Wildman–Crippen MR) is 72.6 cm³/mol. The standard InChI is InChI=1S/C13H18N2O4/c1-3-9(4-2)8-14-11-6-5-10(13(16)17)7-12(11)15(18)19/h5-7,9,14H,3-4,8H2,1-2H3,(H,16,17). The van der Waals surface area contributed by atoms with Crippen LogP contribution in [0.15, 0.2) is 18.2 Å². The van der Waals surface area contributed by atoms with E-state index >= 15 is 0 Å². The zero-order chi connectivity index (χ0) is 14.4. The minimum absolute atomic E-state index is 0.0835. The SMILES string of the molecule is CCC(CC)CNc1ccc(C(=O)O)cc1[N+](=O)[O-]. The van der Waals surface area contributed by atoms with Crippen LogP contribution in [-0.4, -0.2) is 22.5 Å². The van der Waals surface area contributed by atoms with Crippen LogP contribution in [0.2, 0.25) is 0 Å². The largest absolute Gasteiger partial charge is 0.478 e. The molecule has 0 aliphatic heterocycles. The molecule has 1 aromatic rings. The minimum atomic E-state index is -1.17. The summed E-state index contributed by atoms with van der Waals surface area (Å²) < 4.78 is 0. The molecule has 104 valence electrons. The molecule has 0 bridgehead atoms. The highest BCUT2D eigenvalue weighted by Crippen LogP contribution is 2.26. The van der Waals surface area contributed by atoms with Gasteiger partial charge >= 0.3 is 5.97 Å². The fraction of sp³-hybridized carbons (Fsp3) is 0.462. The van der Waals surface area contributed by atoms with E-state index in [-0.39, 0.29) is 11.3 Å². The molecule has 1 aromatic carbocycles. The highest BCUT2D eigenvalue weighted by Gasteiger charge is 2.17. The monoisotopic (exact) mass is 266 g/mol. The average molecular weight is 266 g/mol. The Morgan fingerprint density at radius 2 is 2.05 bits per heavy atom. The fourth-order valence-electron chi connectivity index (χ4n) is 1.80. The lowest BCUT2D eigenvalue weighted by Crippen LogP contribution is -2.14. The summed E-state index contributed by atoms with van der Waals surface area (Å²) in [7, 11) is 0. The molecule has 0 heterocycles. The van der Waals surface area contributed by atoms with Crippen LogP contribution < -0.4 is 5.32 Å². The molecule has 0 atom stereocenters. The molecular weight excluding hydrogens is 248 g/mol. The molecule has 19 heavy (non-hydrogen) atoms. The van der Waals surface area contributed by atoms with Crippen LogP contribution in [0.3, 0.4) is 0 Å². The normalized spacial score (nSPS) is 10.5. The molecule has 0 aliphatic carbocycles. The molecule has 6 heteroatoms. The summed E-state index contributed by atoms with van der Waals surface area (Å²) in [5.41, 5.74) is 0.0764. The summed E-state index contributed by atoms with van der Waals surface area (Å²) in [6.07, 6.45) is 1.98. The summed E-state index contributed by atoms with van der Waals surface area (Å²) in [4.78, 5) is 21.2. The molecule has 0 aromatic heterocycles. The lowest BCUT2D eigenvalue weighted by molar-refractivity contribution is -0.384. The summed E-state index contributed by atoms with van der Waals surface area (Å²) in [5, 5.41) is 22.8. The number of benzene rings is 1. The van der Waals surface area contributed by atoms with Crippen molar-refractivity contribution in [2.75, 3.05) is 11.9 Å². The molecule has 1 rings (SSSR count). The Balaban J connectivity index is 2.94. The zero-order valence-corrected chi connectivity index (χ0v) is 11.0. The average Bonchev–Trinajstić information content (AvgIpc) is 2.39. The van der Waals surface area contributed by atoms with Gasteiger partial charge in [-0.05, 0) is 18.1 Å². The lowest BCUT2D eigenvalue weighted by Gasteiger charge is -2.14. The number of hydrogen-bond donors (Lipinski definition) is 2. The van der Waals surface area contributed by atoms with Gasteiger partial charge in [0.2, 0.25) is 0 Å². The number of nitrogens with zero attached hydrogens (tertiary/aromatic N) is 1. The van der Waals surface area contributed by atoms with Crippen LogP contribution in [0.4, 0.5) is 11.4 Å². The van der Waals surface area contributed by atoms with Gasteiger partial charge in [0.1, 0.15) is 5.69 Å². The first-order valence-electron chi connectivity index (χ1n) is 6.25. The number of carbonyl (C=O) groups is 1. The maximum atomic E-state index is 11.0. The molecule has 0 spiro atoms. The van der Waals surface area contributed by atoms with Crippen LogP contribution in [0, 0.1) is 16.0 Å². The third-order valence-corrected chi connectivity index (χ3v) is 3.18. The van der Waals surface area contributed by atoms with Crippen molar-refractivity contribution in [1.82, 2.24) is 0 Å². The first kappa shape index (κ1) is 14.9. The van der Waals surface area contributed by atoms with Gasteiger partial charge in [-0.15, -0.1) is 0 Å². The van der Waals surface area contributed by atoms with E-state index in [0.29, 0.717) is 18.2 Å². The van der Waals surface area contributed by atoms with Crippen LogP contribution >= 0.6 is 0 Å². The topological polar surface area (TPSA) is 92.5 Å². The molecule has 0 saturated carbocycles. The highest BCUT2D eigenvalue weighted by atomic mass is 16.6. The van der Waals surface area contributed by atoms with E-state index in [1.54, 1.807) is 0 Å². The Kier molecular flexibility index (Phi) is 5.29. The summed E-state index contributed by atoms with van der Waals surface area (Å²) in [6.45, 7) is 4.77. The van der Waals surface area contributed by atoms with E-state index in [4.69, 9.17) is 5.11 Å². The van der Waals surface area contributed by atoms with Crippen molar-refractivity contribution < 1.29 is 14.8 Å². The number of nitrogens with one attached hydrogen (secondary N) is 1. The van der Waals surface area contributed by atoms with Crippen molar-refractivity contribution in [3.05, 3.63) is 33.9 Å². The van der Waals surface area contributed by atoms with Gasteiger partial charge in [0.25, 0.3) is 5.69 Å². The van der Waals surface area contributed by atoms with Crippen molar-refractivity contribution in [2.24, 2.45) is 5.92 Å². The zero-order valence-electron chi connectivity index (χ0n) is 11.0. The van der Waals surface area contributed by atoms with E-state index in [9.17, 15) is 14.9 Å².